The van der Waals surface area contributed by atoms with Gasteiger partial charge < -0.3 is 14.7 Å². The van der Waals surface area contributed by atoms with Crippen LogP contribution in [0, 0.1) is 0 Å². The maximum atomic E-state index is 9.87. The van der Waals surface area contributed by atoms with Crippen molar-refractivity contribution < 1.29 is 19.5 Å². The van der Waals surface area contributed by atoms with E-state index in [4.69, 9.17) is 10.2 Å². The fourth-order valence-electron chi connectivity index (χ4n) is 0.826. The van der Waals surface area contributed by atoms with Crippen molar-refractivity contribution in [3.63, 3.8) is 0 Å². The van der Waals surface area contributed by atoms with Crippen molar-refractivity contribution in [3.8, 4) is 0 Å². The molecule has 0 aromatic carbocycles. The van der Waals surface area contributed by atoms with Crippen LogP contribution in [-0.4, -0.2) is 55.0 Å². The van der Waals surface area contributed by atoms with Gasteiger partial charge >= 0.3 is 5.97 Å². The second-order valence-electron chi connectivity index (χ2n) is 4.59. The van der Waals surface area contributed by atoms with Crippen molar-refractivity contribution in [1.82, 2.24) is 0 Å². The predicted octanol–water partition coefficient (Wildman–Crippen LogP) is 1.34. The first-order valence-corrected chi connectivity index (χ1v) is 5.46. The number of nitrogens with zero attached hydrogens (tertiary/aromatic N) is 1. The largest absolute Gasteiger partial charge is 0.481 e. The molecule has 0 spiro atoms. The first-order valence-electron chi connectivity index (χ1n) is 5.46. The van der Waals surface area contributed by atoms with Gasteiger partial charge in [-0.1, -0.05) is 19.8 Å². The molecule has 0 aliphatic carbocycles. The van der Waals surface area contributed by atoms with Crippen LogP contribution < -0.4 is 0 Å². The van der Waals surface area contributed by atoms with Crippen LogP contribution in [-0.2, 0) is 4.79 Å². The van der Waals surface area contributed by atoms with Crippen molar-refractivity contribution in [1.29, 1.82) is 0 Å². The van der Waals surface area contributed by atoms with Crippen molar-refractivity contribution >= 4 is 5.97 Å². The summed E-state index contributed by atoms with van der Waals surface area (Å²) in [5.41, 5.74) is 0. The summed E-state index contributed by atoms with van der Waals surface area (Å²) in [6, 6.07) is 0. The number of aliphatic carboxylic acids is 1. The molecular formula is C11H26NO3+. The molecule has 0 unspecified atom stereocenters. The number of carbonyl (C=O) groups is 1. The van der Waals surface area contributed by atoms with Crippen molar-refractivity contribution in [3.05, 3.63) is 0 Å². The molecule has 2 N–H and O–H groups in total. The smallest absolute Gasteiger partial charge is 0.303 e. The van der Waals surface area contributed by atoms with Gasteiger partial charge in [-0.05, 0) is 6.42 Å². The van der Waals surface area contributed by atoms with E-state index in [0.29, 0.717) is 6.42 Å². The van der Waals surface area contributed by atoms with Crippen LogP contribution in [0.1, 0.15) is 32.6 Å². The molecular weight excluding hydrogens is 194 g/mol. The van der Waals surface area contributed by atoms with Gasteiger partial charge in [0.05, 0.1) is 27.7 Å². The molecule has 0 aromatic heterocycles. The van der Waals surface area contributed by atoms with Crippen LogP contribution in [0.15, 0.2) is 0 Å². The summed E-state index contributed by atoms with van der Waals surface area (Å²) >= 11 is 0. The summed E-state index contributed by atoms with van der Waals surface area (Å²) in [7, 11) is 6.16. The number of likely N-dealkylation sites (N-methyl/N-ethyl adjacent to an activating group) is 1. The molecule has 0 rings (SSSR count). The molecule has 0 amide bonds. The molecule has 0 radical (unpaired) electrons. The number of aliphatic hydroxyl groups excluding tert-OH is 1. The third kappa shape index (κ3) is 24.7. The van der Waals surface area contributed by atoms with Crippen LogP contribution in [0.25, 0.3) is 0 Å². The lowest BCUT2D eigenvalue weighted by atomic mass is 10.2. The summed E-state index contributed by atoms with van der Waals surface area (Å²) in [5, 5.41) is 16.5. The molecule has 0 aromatic rings. The van der Waals surface area contributed by atoms with Gasteiger partial charge in [-0.15, -0.1) is 0 Å². The zero-order chi connectivity index (χ0) is 12.3. The Hall–Kier alpha value is -0.610. The third-order valence-electron chi connectivity index (χ3n) is 1.77. The lowest BCUT2D eigenvalue weighted by molar-refractivity contribution is -0.870. The molecule has 0 fully saturated rings. The van der Waals surface area contributed by atoms with Crippen LogP contribution >= 0.6 is 0 Å². The molecule has 0 saturated carbocycles. The van der Waals surface area contributed by atoms with E-state index in [-0.39, 0.29) is 6.61 Å². The molecule has 4 nitrogen and oxygen atoms in total. The molecule has 92 valence electrons. The van der Waals surface area contributed by atoms with E-state index in [2.05, 4.69) is 28.1 Å². The van der Waals surface area contributed by atoms with Crippen molar-refractivity contribution in [2.75, 3.05) is 34.3 Å². The highest BCUT2D eigenvalue weighted by Crippen LogP contribution is 1.97. The molecule has 0 bridgehead atoms. The van der Waals surface area contributed by atoms with E-state index < -0.39 is 5.97 Å². The quantitative estimate of drug-likeness (QED) is 0.524. The lowest BCUT2D eigenvalue weighted by Crippen LogP contribution is -2.36. The second kappa shape index (κ2) is 9.93. The normalized spacial score (nSPS) is 10.5. The molecule has 0 atom stereocenters. The maximum Gasteiger partial charge on any atom is 0.303 e. The Morgan fingerprint density at radius 1 is 1.20 bits per heavy atom. The summed E-state index contributed by atoms with van der Waals surface area (Å²) in [6.07, 6.45) is 3.28. The van der Waals surface area contributed by atoms with E-state index in [1.807, 2.05) is 0 Å². The van der Waals surface area contributed by atoms with Gasteiger partial charge in [-0.25, -0.2) is 0 Å². The number of hydrogen-bond donors (Lipinski definition) is 2. The van der Waals surface area contributed by atoms with Crippen LogP contribution in [0.2, 0.25) is 0 Å². The highest BCUT2D eigenvalue weighted by molar-refractivity contribution is 5.66. The zero-order valence-electron chi connectivity index (χ0n) is 10.5. The molecule has 4 heteroatoms. The predicted molar refractivity (Wildman–Crippen MR) is 61.8 cm³/mol. The first kappa shape index (κ1) is 16.8. The van der Waals surface area contributed by atoms with Gasteiger partial charge in [-0.2, -0.15) is 0 Å². The van der Waals surface area contributed by atoms with E-state index in [0.717, 1.165) is 30.3 Å². The monoisotopic (exact) mass is 220 g/mol. The van der Waals surface area contributed by atoms with E-state index in [1.165, 1.54) is 0 Å². The summed E-state index contributed by atoms with van der Waals surface area (Å²) < 4.78 is 0.844. The average molecular weight is 220 g/mol. The minimum absolute atomic E-state index is 0.281. The van der Waals surface area contributed by atoms with Gasteiger partial charge in [0.2, 0.25) is 0 Å². The van der Waals surface area contributed by atoms with Crippen molar-refractivity contribution in [2.45, 2.75) is 32.6 Å². The second-order valence-corrected chi connectivity index (χ2v) is 4.59. The topological polar surface area (TPSA) is 57.5 Å². The van der Waals surface area contributed by atoms with Gasteiger partial charge in [0.25, 0.3) is 0 Å². The number of hydrogen-bond acceptors (Lipinski definition) is 2. The fraction of sp³-hybridized carbons (Fsp3) is 0.909. The minimum atomic E-state index is -0.682. The van der Waals surface area contributed by atoms with Crippen molar-refractivity contribution in [2.24, 2.45) is 0 Å². The number of aliphatic hydroxyl groups is 1. The molecule has 0 heterocycles. The van der Waals surface area contributed by atoms with Crippen LogP contribution in [0.5, 0.6) is 0 Å². The Morgan fingerprint density at radius 3 is 1.93 bits per heavy atom. The number of unbranched alkanes of at least 4 members (excludes halogenated alkanes) is 2. The number of quaternary nitrogens is 1. The van der Waals surface area contributed by atoms with Crippen LogP contribution in [0.3, 0.4) is 0 Å². The van der Waals surface area contributed by atoms with Gasteiger partial charge in [0.15, 0.2) is 0 Å². The molecule has 0 saturated heterocycles. The fourth-order valence-corrected chi connectivity index (χ4v) is 0.826. The van der Waals surface area contributed by atoms with Gasteiger partial charge in [0.1, 0.15) is 6.54 Å². The summed E-state index contributed by atoms with van der Waals surface area (Å²) in [5.74, 6) is -0.682. The Labute approximate surface area is 93.1 Å². The summed E-state index contributed by atoms with van der Waals surface area (Å²) in [6.45, 7) is 3.17. The standard InChI is InChI=1S/C6H12O2.C5H14NO/c1-2-3-4-5-6(7)8;1-6(2,3)4-5-7/h2-5H2,1H3,(H,7,8);7H,4-5H2,1-3H3/q;+1. The number of carboxylic acids is 1. The molecule has 0 aliphatic heterocycles. The van der Waals surface area contributed by atoms with E-state index >= 15 is 0 Å². The maximum absolute atomic E-state index is 9.87. The molecule has 0 aliphatic rings. The van der Waals surface area contributed by atoms with Gasteiger partial charge in [0, 0.05) is 6.42 Å². The Morgan fingerprint density at radius 2 is 1.73 bits per heavy atom. The zero-order valence-corrected chi connectivity index (χ0v) is 10.5. The summed E-state index contributed by atoms with van der Waals surface area (Å²) in [4.78, 5) is 9.87. The highest BCUT2D eigenvalue weighted by atomic mass is 16.4. The molecule has 15 heavy (non-hydrogen) atoms. The SMILES string of the molecule is CCCCCC(=O)O.C[N+](C)(C)CCO. The Balaban J connectivity index is 0. The lowest BCUT2D eigenvalue weighted by Gasteiger charge is -2.21. The average Bonchev–Trinajstić information content (AvgIpc) is 2.02. The van der Waals surface area contributed by atoms with E-state index in [1.54, 1.807) is 0 Å². The van der Waals surface area contributed by atoms with Crippen LogP contribution in [0.4, 0.5) is 0 Å². The Bertz CT molecular complexity index is 152. The van der Waals surface area contributed by atoms with Gasteiger partial charge in [-0.3, -0.25) is 4.79 Å². The minimum Gasteiger partial charge on any atom is -0.481 e. The van der Waals surface area contributed by atoms with E-state index in [9.17, 15) is 4.79 Å². The number of carboxylic acid groups (broad SMARTS) is 1. The highest BCUT2D eigenvalue weighted by Gasteiger charge is 2.02. The first-order chi connectivity index (χ1) is 6.83. The Kier molecular flexibility index (Phi) is 11.1. The number of rotatable bonds is 6. The third-order valence-corrected chi connectivity index (χ3v) is 1.77.